The quantitative estimate of drug-likeness (QED) is 0.361. The molecule has 2 aromatic carbocycles. The van der Waals surface area contributed by atoms with Gasteiger partial charge >= 0.3 is 6.03 Å². The summed E-state index contributed by atoms with van der Waals surface area (Å²) in [7, 11) is 0. The highest BCUT2D eigenvalue weighted by Crippen LogP contribution is 2.40. The van der Waals surface area contributed by atoms with Crippen molar-refractivity contribution in [2.75, 3.05) is 13.2 Å². The first-order chi connectivity index (χ1) is 17.2. The van der Waals surface area contributed by atoms with E-state index in [2.05, 4.69) is 39.2 Å². The number of rotatable bonds is 6. The molecule has 4 aromatic rings. The number of hydrogen-bond acceptors (Lipinski definition) is 5. The van der Waals surface area contributed by atoms with Crippen LogP contribution in [-0.2, 0) is 23.2 Å². The topological polar surface area (TPSA) is 52.7 Å². The number of amides is 3. The van der Waals surface area contributed by atoms with Gasteiger partial charge in [-0.3, -0.25) is 9.69 Å². The summed E-state index contributed by atoms with van der Waals surface area (Å²) in [4.78, 5) is 33.8. The molecule has 1 saturated heterocycles. The third-order valence-electron chi connectivity index (χ3n) is 6.96. The number of nitrogens with zero attached hydrogens (tertiary/aromatic N) is 2. The van der Waals surface area contributed by atoms with Gasteiger partial charge in [-0.15, -0.1) is 22.7 Å². The summed E-state index contributed by atoms with van der Waals surface area (Å²) in [6.45, 7) is 1.05. The molecule has 4 heterocycles. The molecule has 2 aliphatic heterocycles. The van der Waals surface area contributed by atoms with Crippen LogP contribution in [0.5, 0.6) is 0 Å². The van der Waals surface area contributed by atoms with Crippen molar-refractivity contribution in [2.45, 2.75) is 24.4 Å². The van der Waals surface area contributed by atoms with E-state index in [0.717, 1.165) is 24.1 Å². The van der Waals surface area contributed by atoms with Crippen LogP contribution in [0.2, 0.25) is 0 Å². The van der Waals surface area contributed by atoms with Crippen molar-refractivity contribution in [1.82, 2.24) is 15.1 Å². The first-order valence-corrected chi connectivity index (χ1v) is 13.5. The van der Waals surface area contributed by atoms with E-state index in [4.69, 9.17) is 0 Å². The van der Waals surface area contributed by atoms with Crippen molar-refractivity contribution in [3.63, 3.8) is 0 Å². The minimum Gasteiger partial charge on any atom is -0.319 e. The molecule has 7 heteroatoms. The Morgan fingerprint density at radius 2 is 1.66 bits per heavy atom. The number of fused-ring (bicyclic) bond motifs is 1. The molecule has 2 aliphatic rings. The van der Waals surface area contributed by atoms with E-state index in [1.54, 1.807) is 22.7 Å². The number of carbonyl (C=O) groups excluding carboxylic acids is 2. The molecule has 35 heavy (non-hydrogen) atoms. The van der Waals surface area contributed by atoms with Gasteiger partial charge in [-0.2, -0.15) is 0 Å². The molecule has 1 N–H and O–H groups in total. The van der Waals surface area contributed by atoms with Gasteiger partial charge in [-0.25, -0.2) is 9.69 Å². The molecular weight excluding hydrogens is 474 g/mol. The minimum atomic E-state index is -1.12. The molecule has 5 nitrogen and oxygen atoms in total. The van der Waals surface area contributed by atoms with E-state index >= 15 is 0 Å². The third kappa shape index (κ3) is 3.89. The van der Waals surface area contributed by atoms with Crippen LogP contribution in [0.1, 0.15) is 32.5 Å². The van der Waals surface area contributed by atoms with Crippen LogP contribution in [0.3, 0.4) is 0 Å². The lowest BCUT2D eigenvalue weighted by Crippen LogP contribution is -2.48. The Balaban J connectivity index is 1.35. The molecular formula is C28H25N3O2S2. The van der Waals surface area contributed by atoms with Crippen LogP contribution in [0.25, 0.3) is 0 Å². The number of carbonyl (C=O) groups is 2. The van der Waals surface area contributed by atoms with Gasteiger partial charge < -0.3 is 5.32 Å². The van der Waals surface area contributed by atoms with E-state index in [1.165, 1.54) is 20.2 Å². The van der Waals surface area contributed by atoms with E-state index in [0.29, 0.717) is 6.42 Å². The molecule has 176 valence electrons. The Morgan fingerprint density at radius 3 is 2.40 bits per heavy atom. The summed E-state index contributed by atoms with van der Waals surface area (Å²) < 4.78 is 0. The monoisotopic (exact) mass is 499 g/mol. The molecule has 0 unspecified atom stereocenters. The smallest absolute Gasteiger partial charge is 0.319 e. The van der Waals surface area contributed by atoms with E-state index < -0.39 is 5.54 Å². The Labute approximate surface area is 212 Å². The molecule has 0 aliphatic carbocycles. The number of hydrogen-bond donors (Lipinski definition) is 1. The Hall–Kier alpha value is -3.26. The second-order valence-electron chi connectivity index (χ2n) is 9.02. The number of imide groups is 1. The highest BCUT2D eigenvalue weighted by Gasteiger charge is 2.53. The SMILES string of the molecule is O=C1N[C@@](Cc2ccccc2)(c2ccccc2)C(=O)N1CN1CCc2sccc2[C@H]1c1cccs1. The average molecular weight is 500 g/mol. The molecule has 6 rings (SSSR count). The summed E-state index contributed by atoms with van der Waals surface area (Å²) in [5, 5.41) is 7.33. The Bertz CT molecular complexity index is 1340. The van der Waals surface area contributed by atoms with Gasteiger partial charge in [-0.05, 0) is 46.0 Å². The molecule has 0 radical (unpaired) electrons. The fourth-order valence-electron chi connectivity index (χ4n) is 5.28. The van der Waals surface area contributed by atoms with Crippen LogP contribution < -0.4 is 5.32 Å². The highest BCUT2D eigenvalue weighted by molar-refractivity contribution is 7.10. The Kier molecular flexibility index (Phi) is 5.76. The van der Waals surface area contributed by atoms with Crippen molar-refractivity contribution in [2.24, 2.45) is 0 Å². The predicted molar refractivity (Wildman–Crippen MR) is 139 cm³/mol. The molecule has 3 amide bonds. The van der Waals surface area contributed by atoms with E-state index in [-0.39, 0.29) is 24.6 Å². The van der Waals surface area contributed by atoms with Crippen molar-refractivity contribution in [1.29, 1.82) is 0 Å². The number of benzene rings is 2. The predicted octanol–water partition coefficient (Wildman–Crippen LogP) is 5.40. The Morgan fingerprint density at radius 1 is 0.886 bits per heavy atom. The molecule has 1 fully saturated rings. The lowest BCUT2D eigenvalue weighted by molar-refractivity contribution is -0.133. The molecule has 2 aromatic heterocycles. The maximum Gasteiger partial charge on any atom is 0.326 e. The molecule has 0 bridgehead atoms. The zero-order valence-corrected chi connectivity index (χ0v) is 20.7. The van der Waals surface area contributed by atoms with Crippen LogP contribution >= 0.6 is 22.7 Å². The average Bonchev–Trinajstić information content (AvgIpc) is 3.63. The van der Waals surface area contributed by atoms with Crippen molar-refractivity contribution in [3.8, 4) is 0 Å². The maximum atomic E-state index is 14.1. The number of thiophene rings is 2. The number of urea groups is 1. The standard InChI is InChI=1S/C28H25N3O2S2/c32-26-28(21-10-5-2-6-11-21,18-20-8-3-1-4-9-20)29-27(33)31(26)19-30-15-13-23-22(14-17-35-23)25(30)24-12-7-16-34-24/h1-12,14,16-17,25H,13,15,18-19H2,(H,29,33)/t25-,28-/m0/s1. The van der Waals surface area contributed by atoms with Crippen molar-refractivity contribution >= 4 is 34.6 Å². The fraction of sp³-hybridized carbons (Fsp3) is 0.214. The maximum absolute atomic E-state index is 14.1. The van der Waals surface area contributed by atoms with Gasteiger partial charge in [-0.1, -0.05) is 66.7 Å². The van der Waals surface area contributed by atoms with Crippen LogP contribution in [0, 0.1) is 0 Å². The van der Waals surface area contributed by atoms with Crippen molar-refractivity contribution in [3.05, 3.63) is 116 Å². The zero-order valence-electron chi connectivity index (χ0n) is 19.1. The second-order valence-corrected chi connectivity index (χ2v) is 11.0. The highest BCUT2D eigenvalue weighted by atomic mass is 32.1. The lowest BCUT2D eigenvalue weighted by Gasteiger charge is -2.37. The fourth-order valence-corrected chi connectivity index (χ4v) is 7.06. The summed E-state index contributed by atoms with van der Waals surface area (Å²) >= 11 is 3.51. The number of nitrogens with one attached hydrogen (secondary N) is 1. The minimum absolute atomic E-state index is 0.0476. The molecule has 0 spiro atoms. The van der Waals surface area contributed by atoms with Gasteiger partial charge in [0.15, 0.2) is 5.54 Å². The summed E-state index contributed by atoms with van der Waals surface area (Å²) in [6, 6.07) is 25.6. The van der Waals surface area contributed by atoms with Crippen molar-refractivity contribution < 1.29 is 9.59 Å². The van der Waals surface area contributed by atoms with E-state index in [1.807, 2.05) is 60.7 Å². The first-order valence-electron chi connectivity index (χ1n) is 11.7. The first kappa shape index (κ1) is 22.2. The largest absolute Gasteiger partial charge is 0.326 e. The summed E-state index contributed by atoms with van der Waals surface area (Å²) in [6.07, 6.45) is 1.33. The molecule has 2 atom stereocenters. The van der Waals surface area contributed by atoms with Gasteiger partial charge in [0.1, 0.15) is 0 Å². The second kappa shape index (κ2) is 9.07. The molecule has 0 saturated carbocycles. The van der Waals surface area contributed by atoms with Crippen LogP contribution in [0.15, 0.2) is 89.6 Å². The zero-order chi connectivity index (χ0) is 23.8. The summed E-state index contributed by atoms with van der Waals surface area (Å²) in [5.74, 6) is -0.196. The van der Waals surface area contributed by atoms with E-state index in [9.17, 15) is 9.59 Å². The van der Waals surface area contributed by atoms with Gasteiger partial charge in [0.05, 0.1) is 12.7 Å². The van der Waals surface area contributed by atoms with Crippen LogP contribution in [-0.4, -0.2) is 35.0 Å². The van der Waals surface area contributed by atoms with Gasteiger partial charge in [0.25, 0.3) is 5.91 Å². The van der Waals surface area contributed by atoms with Crippen LogP contribution in [0.4, 0.5) is 4.79 Å². The third-order valence-corrected chi connectivity index (χ3v) is 8.88. The van der Waals surface area contributed by atoms with Gasteiger partial charge in [0, 0.05) is 22.7 Å². The normalized spacial score (nSPS) is 22.3. The van der Waals surface area contributed by atoms with Gasteiger partial charge in [0.2, 0.25) is 0 Å². The summed E-state index contributed by atoms with van der Waals surface area (Å²) in [5.41, 5.74) is 1.97. The lowest BCUT2D eigenvalue weighted by atomic mass is 9.83.